The van der Waals surface area contributed by atoms with Crippen molar-refractivity contribution in [2.45, 2.75) is 25.9 Å². The minimum atomic E-state index is -0.410. The maximum absolute atomic E-state index is 12.8. The molecule has 3 aromatic rings. The Bertz CT molecular complexity index is 1030. The fourth-order valence-corrected chi connectivity index (χ4v) is 3.15. The van der Waals surface area contributed by atoms with Gasteiger partial charge in [-0.25, -0.2) is 4.79 Å². The van der Waals surface area contributed by atoms with Gasteiger partial charge in [0.1, 0.15) is 12.2 Å². The third-order valence-corrected chi connectivity index (χ3v) is 4.82. The fraction of sp³-hybridized carbons (Fsp3) is 0.300. The quantitative estimate of drug-likeness (QED) is 0.755. The summed E-state index contributed by atoms with van der Waals surface area (Å²) in [7, 11) is 0. The van der Waals surface area contributed by atoms with E-state index in [1.165, 1.54) is 4.68 Å². The highest BCUT2D eigenvalue weighted by atomic mass is 16.5. The molecule has 0 saturated carbocycles. The van der Waals surface area contributed by atoms with Gasteiger partial charge in [-0.3, -0.25) is 9.69 Å². The Morgan fingerprint density at radius 2 is 1.96 bits per heavy atom. The van der Waals surface area contributed by atoms with Gasteiger partial charge < -0.3 is 10.1 Å². The van der Waals surface area contributed by atoms with Crippen molar-refractivity contribution >= 4 is 23.0 Å². The van der Waals surface area contributed by atoms with Crippen LogP contribution in [0.4, 0.5) is 4.79 Å². The predicted molar refractivity (Wildman–Crippen MR) is 103 cm³/mol. The molecular formula is C20H21N5O3. The second kappa shape index (κ2) is 7.05. The van der Waals surface area contributed by atoms with Crippen LogP contribution >= 0.6 is 0 Å². The molecule has 8 heteroatoms. The number of rotatable bonds is 3. The number of hydrogen-bond acceptors (Lipinski definition) is 5. The Kier molecular flexibility index (Phi) is 4.56. The highest BCUT2D eigenvalue weighted by molar-refractivity contribution is 5.98. The van der Waals surface area contributed by atoms with E-state index < -0.39 is 5.54 Å². The van der Waals surface area contributed by atoms with E-state index in [1.807, 2.05) is 44.2 Å². The lowest BCUT2D eigenvalue weighted by molar-refractivity contribution is 0.0951. The minimum Gasteiger partial charge on any atom is -0.359 e. The first-order chi connectivity index (χ1) is 13.5. The first kappa shape index (κ1) is 18.1. The molecule has 2 amide bonds. The van der Waals surface area contributed by atoms with E-state index in [0.717, 1.165) is 5.56 Å². The molecule has 0 aliphatic carbocycles. The van der Waals surface area contributed by atoms with E-state index in [9.17, 15) is 9.59 Å². The van der Waals surface area contributed by atoms with Gasteiger partial charge in [0.15, 0.2) is 0 Å². The minimum absolute atomic E-state index is 0.208. The van der Waals surface area contributed by atoms with E-state index in [0.29, 0.717) is 29.7 Å². The fourth-order valence-electron chi connectivity index (χ4n) is 3.15. The molecule has 144 valence electrons. The van der Waals surface area contributed by atoms with E-state index in [-0.39, 0.29) is 18.7 Å². The van der Waals surface area contributed by atoms with Gasteiger partial charge >= 0.3 is 6.03 Å². The number of carbonyl (C=O) groups excluding carboxylic acids is 2. The highest BCUT2D eigenvalue weighted by Crippen LogP contribution is 2.23. The maximum atomic E-state index is 12.8. The first-order valence-corrected chi connectivity index (χ1v) is 9.03. The number of aromatic nitrogens is 3. The van der Waals surface area contributed by atoms with Gasteiger partial charge in [-0.2, -0.15) is 4.68 Å². The number of amides is 2. The number of nitrogens with one attached hydrogen (secondary N) is 1. The van der Waals surface area contributed by atoms with E-state index in [4.69, 9.17) is 4.74 Å². The molecular weight excluding hydrogens is 358 g/mol. The highest BCUT2D eigenvalue weighted by Gasteiger charge is 2.38. The van der Waals surface area contributed by atoms with Crippen molar-refractivity contribution in [3.8, 4) is 0 Å². The summed E-state index contributed by atoms with van der Waals surface area (Å²) >= 11 is 0. The maximum Gasteiger partial charge on any atom is 0.349 e. The van der Waals surface area contributed by atoms with Gasteiger partial charge in [-0.15, -0.1) is 5.10 Å². The summed E-state index contributed by atoms with van der Waals surface area (Å²) in [5.74, 6) is -0.208. The zero-order chi connectivity index (χ0) is 19.7. The van der Waals surface area contributed by atoms with Crippen LogP contribution in [0.2, 0.25) is 0 Å². The van der Waals surface area contributed by atoms with Gasteiger partial charge in [0.05, 0.1) is 17.7 Å². The molecule has 1 aliphatic rings. The number of benzene rings is 2. The SMILES string of the molecule is CC1(C)COCN1C(=O)n1nnc2cc(C(=O)NCc3ccccc3)ccc21. The second-order valence-corrected chi connectivity index (χ2v) is 7.37. The standard InChI is InChI=1S/C20H21N5O3/c1-20(2)12-28-13-24(20)19(27)25-17-9-8-15(10-16(17)22-23-25)18(26)21-11-14-6-4-3-5-7-14/h3-10H,11-13H2,1-2H3,(H,21,26). The predicted octanol–water partition coefficient (Wildman–Crippen LogP) is 2.40. The van der Waals surface area contributed by atoms with Crippen LogP contribution in [0.5, 0.6) is 0 Å². The van der Waals surface area contributed by atoms with Crippen molar-refractivity contribution in [3.63, 3.8) is 0 Å². The molecule has 1 N–H and O–H groups in total. The lowest BCUT2D eigenvalue weighted by Gasteiger charge is -2.28. The van der Waals surface area contributed by atoms with Crippen LogP contribution in [0, 0.1) is 0 Å². The van der Waals surface area contributed by atoms with Crippen LogP contribution in [0.1, 0.15) is 29.8 Å². The molecule has 0 bridgehead atoms. The molecule has 0 spiro atoms. The Morgan fingerprint density at radius 3 is 2.68 bits per heavy atom. The molecule has 0 atom stereocenters. The van der Waals surface area contributed by atoms with E-state index in [1.54, 1.807) is 23.1 Å². The van der Waals surface area contributed by atoms with Crippen molar-refractivity contribution in [1.29, 1.82) is 0 Å². The molecule has 1 aliphatic heterocycles. The van der Waals surface area contributed by atoms with Gasteiger partial charge in [-0.1, -0.05) is 35.5 Å². The lowest BCUT2D eigenvalue weighted by Crippen LogP contribution is -2.46. The molecule has 4 rings (SSSR count). The summed E-state index contributed by atoms with van der Waals surface area (Å²) in [6.07, 6.45) is 0. The van der Waals surface area contributed by atoms with Gasteiger partial charge in [0.25, 0.3) is 5.91 Å². The number of nitrogens with zero attached hydrogens (tertiary/aromatic N) is 4. The molecule has 1 saturated heterocycles. The molecule has 8 nitrogen and oxygen atoms in total. The zero-order valence-corrected chi connectivity index (χ0v) is 15.8. The number of ether oxygens (including phenoxy) is 1. The Morgan fingerprint density at radius 1 is 1.18 bits per heavy atom. The topological polar surface area (TPSA) is 89.3 Å². The van der Waals surface area contributed by atoms with Crippen molar-refractivity contribution in [3.05, 3.63) is 59.7 Å². The first-order valence-electron chi connectivity index (χ1n) is 9.03. The van der Waals surface area contributed by atoms with Crippen molar-refractivity contribution < 1.29 is 14.3 Å². The van der Waals surface area contributed by atoms with Crippen molar-refractivity contribution in [2.24, 2.45) is 0 Å². The van der Waals surface area contributed by atoms with Crippen LogP contribution in [-0.4, -0.2) is 50.7 Å². The van der Waals surface area contributed by atoms with Gasteiger partial charge in [0, 0.05) is 12.1 Å². The van der Waals surface area contributed by atoms with Gasteiger partial charge in [0.2, 0.25) is 0 Å². The molecule has 1 aromatic heterocycles. The molecule has 0 unspecified atom stereocenters. The average Bonchev–Trinajstić information content (AvgIpc) is 3.28. The van der Waals surface area contributed by atoms with Crippen molar-refractivity contribution in [2.75, 3.05) is 13.3 Å². The van der Waals surface area contributed by atoms with E-state index in [2.05, 4.69) is 15.6 Å². The average molecular weight is 379 g/mol. The summed E-state index contributed by atoms with van der Waals surface area (Å²) in [5, 5.41) is 10.9. The normalized spacial score (nSPS) is 15.7. The number of fused-ring (bicyclic) bond motifs is 1. The van der Waals surface area contributed by atoms with Crippen LogP contribution in [0.15, 0.2) is 48.5 Å². The van der Waals surface area contributed by atoms with Crippen LogP contribution in [0.25, 0.3) is 11.0 Å². The third-order valence-electron chi connectivity index (χ3n) is 4.82. The third kappa shape index (κ3) is 3.34. The summed E-state index contributed by atoms with van der Waals surface area (Å²) in [4.78, 5) is 26.9. The lowest BCUT2D eigenvalue weighted by atomic mass is 10.1. The summed E-state index contributed by atoms with van der Waals surface area (Å²) in [5.41, 5.74) is 2.11. The monoisotopic (exact) mass is 379 g/mol. The van der Waals surface area contributed by atoms with Crippen LogP contribution in [0.3, 0.4) is 0 Å². The second-order valence-electron chi connectivity index (χ2n) is 7.37. The summed E-state index contributed by atoms with van der Waals surface area (Å²) in [6, 6.07) is 14.4. The molecule has 1 fully saturated rings. The molecule has 28 heavy (non-hydrogen) atoms. The number of hydrogen-bond donors (Lipinski definition) is 1. The Hall–Kier alpha value is -3.26. The van der Waals surface area contributed by atoms with Gasteiger partial charge in [-0.05, 0) is 37.6 Å². The number of carbonyl (C=O) groups is 2. The largest absolute Gasteiger partial charge is 0.359 e. The summed E-state index contributed by atoms with van der Waals surface area (Å²) in [6.45, 7) is 5.00. The smallest absolute Gasteiger partial charge is 0.349 e. The summed E-state index contributed by atoms with van der Waals surface area (Å²) < 4.78 is 6.66. The molecule has 2 aromatic carbocycles. The molecule has 0 radical (unpaired) electrons. The Labute approximate surface area is 162 Å². The molecule has 2 heterocycles. The van der Waals surface area contributed by atoms with Crippen LogP contribution < -0.4 is 5.32 Å². The Balaban J connectivity index is 1.53. The van der Waals surface area contributed by atoms with E-state index >= 15 is 0 Å². The zero-order valence-electron chi connectivity index (χ0n) is 15.8. The van der Waals surface area contributed by atoms with Crippen LogP contribution in [-0.2, 0) is 11.3 Å². The van der Waals surface area contributed by atoms with Crippen molar-refractivity contribution in [1.82, 2.24) is 25.2 Å².